The van der Waals surface area contributed by atoms with Gasteiger partial charge in [-0.25, -0.2) is 0 Å². The van der Waals surface area contributed by atoms with Gasteiger partial charge in [-0.15, -0.1) is 0 Å². The zero-order valence-electron chi connectivity index (χ0n) is 47.4. The molecule has 1 fully saturated rings. The van der Waals surface area contributed by atoms with Crippen LogP contribution in [0.25, 0.3) is 0 Å². The van der Waals surface area contributed by atoms with Gasteiger partial charge >= 0.3 is 23.9 Å². The van der Waals surface area contributed by atoms with Gasteiger partial charge in [-0.2, -0.15) is 0 Å². The van der Waals surface area contributed by atoms with Crippen molar-refractivity contribution in [1.29, 1.82) is 0 Å². The highest BCUT2D eigenvalue weighted by Crippen LogP contribution is 2.33. The number of esters is 4. The standard InChI is InChI=1S/C63H111NO8/c1-6-9-12-15-18-21-24-26-28-30-32-35-38-41-44-47-59(65)69-55-58(56-70-60(66)48-45-42-39-36-33-31-29-27-25-22-19-16-13-10-7-2)71-61(67)50-49-57(46-43-40-37-34-23-20-17-14-11-8-3)72-62(68)63(4)51-53-64(5)54-52-63/h18-19,21-22,26-29,57-58H,6-17,20,23-25,30-56H2,1-5H3/b21-18-,22-19-,28-26-,29-27-. The Bertz CT molecular complexity index is 1370. The molecule has 0 radical (unpaired) electrons. The summed E-state index contributed by atoms with van der Waals surface area (Å²) in [5, 5.41) is 0. The van der Waals surface area contributed by atoms with Gasteiger partial charge in [0.1, 0.15) is 19.3 Å². The number of piperidine rings is 1. The molecule has 9 heteroatoms. The van der Waals surface area contributed by atoms with Crippen LogP contribution in [0.4, 0.5) is 0 Å². The maximum absolute atomic E-state index is 13.6. The molecule has 1 rings (SSSR count). The van der Waals surface area contributed by atoms with Crippen molar-refractivity contribution in [1.82, 2.24) is 4.90 Å². The smallest absolute Gasteiger partial charge is 0.312 e. The van der Waals surface area contributed by atoms with Gasteiger partial charge in [0.25, 0.3) is 0 Å². The molecule has 0 aromatic rings. The molecule has 1 atom stereocenters. The molecule has 1 aliphatic heterocycles. The van der Waals surface area contributed by atoms with Crippen molar-refractivity contribution in [2.75, 3.05) is 33.4 Å². The normalized spacial score (nSPS) is 14.6. The molecule has 0 spiro atoms. The van der Waals surface area contributed by atoms with E-state index in [2.05, 4.69) is 81.3 Å². The molecule has 0 N–H and O–H groups in total. The van der Waals surface area contributed by atoms with Crippen molar-refractivity contribution < 1.29 is 38.1 Å². The van der Waals surface area contributed by atoms with Gasteiger partial charge in [0.05, 0.1) is 5.41 Å². The minimum Gasteiger partial charge on any atom is -0.462 e. The van der Waals surface area contributed by atoms with Crippen LogP contribution in [0.15, 0.2) is 48.6 Å². The fraction of sp³-hybridized carbons (Fsp3) is 0.810. The van der Waals surface area contributed by atoms with Crippen LogP contribution in [0.2, 0.25) is 0 Å². The van der Waals surface area contributed by atoms with E-state index in [4.69, 9.17) is 18.9 Å². The van der Waals surface area contributed by atoms with E-state index in [0.29, 0.717) is 25.7 Å². The Morgan fingerprint density at radius 1 is 0.431 bits per heavy atom. The number of unbranched alkanes of at least 4 members (excludes halogenated alkanes) is 25. The van der Waals surface area contributed by atoms with Gasteiger partial charge in [-0.3, -0.25) is 19.2 Å². The Morgan fingerprint density at radius 3 is 1.25 bits per heavy atom. The largest absolute Gasteiger partial charge is 0.462 e. The second-order valence-corrected chi connectivity index (χ2v) is 21.3. The monoisotopic (exact) mass is 1010 g/mol. The zero-order chi connectivity index (χ0) is 52.4. The van der Waals surface area contributed by atoms with E-state index in [0.717, 1.165) is 135 Å². The second-order valence-electron chi connectivity index (χ2n) is 21.3. The number of carbonyl (C=O) groups is 4. The Kier molecular flexibility index (Phi) is 45.2. The van der Waals surface area contributed by atoms with Gasteiger partial charge < -0.3 is 23.8 Å². The summed E-state index contributed by atoms with van der Waals surface area (Å²) in [7, 11) is 2.08. The van der Waals surface area contributed by atoms with Crippen molar-refractivity contribution >= 4 is 23.9 Å². The highest BCUT2D eigenvalue weighted by atomic mass is 16.6. The lowest BCUT2D eigenvalue weighted by molar-refractivity contribution is -0.169. The molecule has 1 unspecified atom stereocenters. The number of allylic oxidation sites excluding steroid dienone is 8. The second kappa shape index (κ2) is 48.7. The maximum Gasteiger partial charge on any atom is 0.312 e. The Morgan fingerprint density at radius 2 is 0.806 bits per heavy atom. The summed E-state index contributed by atoms with van der Waals surface area (Å²) in [4.78, 5) is 55.1. The molecular weight excluding hydrogens is 899 g/mol. The van der Waals surface area contributed by atoms with Crippen LogP contribution in [-0.2, 0) is 38.1 Å². The molecule has 72 heavy (non-hydrogen) atoms. The van der Waals surface area contributed by atoms with Crippen molar-refractivity contribution in [3.63, 3.8) is 0 Å². The first-order chi connectivity index (χ1) is 35.1. The highest BCUT2D eigenvalue weighted by molar-refractivity contribution is 5.77. The molecule has 0 amide bonds. The van der Waals surface area contributed by atoms with E-state index in [1.165, 1.54) is 96.3 Å². The predicted molar refractivity (Wildman–Crippen MR) is 301 cm³/mol. The molecule has 9 nitrogen and oxygen atoms in total. The van der Waals surface area contributed by atoms with E-state index in [-0.39, 0.29) is 37.5 Å². The number of hydrogen-bond donors (Lipinski definition) is 0. The van der Waals surface area contributed by atoms with Crippen LogP contribution >= 0.6 is 0 Å². The molecular formula is C63H111NO8. The van der Waals surface area contributed by atoms with Gasteiger partial charge in [0, 0.05) is 19.3 Å². The van der Waals surface area contributed by atoms with Gasteiger partial charge in [-0.05, 0) is 136 Å². The lowest BCUT2D eigenvalue weighted by Gasteiger charge is -2.36. The molecule has 1 aliphatic rings. The molecule has 1 saturated heterocycles. The van der Waals surface area contributed by atoms with Crippen molar-refractivity contribution in [3.8, 4) is 0 Å². The molecule has 0 aliphatic carbocycles. The summed E-state index contributed by atoms with van der Waals surface area (Å²) < 4.78 is 23.3. The van der Waals surface area contributed by atoms with Crippen LogP contribution in [-0.4, -0.2) is 74.3 Å². The van der Waals surface area contributed by atoms with E-state index < -0.39 is 23.6 Å². The minimum atomic E-state index is -0.916. The highest BCUT2D eigenvalue weighted by Gasteiger charge is 2.38. The quantitative estimate of drug-likeness (QED) is 0.0255. The zero-order valence-corrected chi connectivity index (χ0v) is 47.4. The topological polar surface area (TPSA) is 108 Å². The number of nitrogens with zero attached hydrogens (tertiary/aromatic N) is 1. The molecule has 0 aromatic heterocycles. The first kappa shape index (κ1) is 66.8. The van der Waals surface area contributed by atoms with Crippen LogP contribution in [0.3, 0.4) is 0 Å². The number of likely N-dealkylation sites (tertiary alicyclic amines) is 1. The lowest BCUT2D eigenvalue weighted by Crippen LogP contribution is -2.43. The first-order valence-electron chi connectivity index (χ1n) is 30.1. The number of ether oxygens (including phenoxy) is 4. The summed E-state index contributed by atoms with van der Waals surface area (Å²) in [6.07, 6.45) is 56.4. The van der Waals surface area contributed by atoms with Crippen LogP contribution in [0, 0.1) is 5.41 Å². The van der Waals surface area contributed by atoms with Crippen LogP contribution in [0.1, 0.15) is 278 Å². The van der Waals surface area contributed by atoms with Gasteiger partial charge in [0.15, 0.2) is 6.10 Å². The average Bonchev–Trinajstić information content (AvgIpc) is 3.37. The third-order valence-corrected chi connectivity index (χ3v) is 14.2. The summed E-state index contributed by atoms with van der Waals surface area (Å²) in [5.74, 6) is -1.34. The minimum absolute atomic E-state index is 0.0471. The summed E-state index contributed by atoms with van der Waals surface area (Å²) in [6.45, 7) is 10.1. The summed E-state index contributed by atoms with van der Waals surface area (Å²) in [5.41, 5.74) is -0.535. The van der Waals surface area contributed by atoms with Crippen LogP contribution < -0.4 is 0 Å². The van der Waals surface area contributed by atoms with Crippen molar-refractivity contribution in [2.45, 2.75) is 290 Å². The molecule has 0 bridgehead atoms. The van der Waals surface area contributed by atoms with Crippen molar-refractivity contribution in [2.24, 2.45) is 5.41 Å². The van der Waals surface area contributed by atoms with Gasteiger partial charge in [-0.1, -0.05) is 191 Å². The molecule has 0 aromatic carbocycles. The van der Waals surface area contributed by atoms with E-state index in [9.17, 15) is 19.2 Å². The predicted octanol–water partition coefficient (Wildman–Crippen LogP) is 17.3. The van der Waals surface area contributed by atoms with E-state index in [1.54, 1.807) is 0 Å². The third kappa shape index (κ3) is 41.2. The molecule has 416 valence electrons. The number of hydrogen-bond acceptors (Lipinski definition) is 9. The lowest BCUT2D eigenvalue weighted by atomic mass is 9.80. The SMILES string of the molecule is CCCCC/C=C\C/C=C\CCCCCCCC(=O)OCC(COC(=O)CCCCCCC/C=C\C/C=C\CCCCC)OC(=O)CCC(CCCCCCCCCCCC)OC(=O)C1(C)CCN(C)CC1. The Balaban J connectivity index is 2.68. The fourth-order valence-electron chi connectivity index (χ4n) is 9.05. The average molecular weight is 1010 g/mol. The number of carbonyl (C=O) groups excluding carboxylic acids is 4. The third-order valence-electron chi connectivity index (χ3n) is 14.2. The maximum atomic E-state index is 13.6. The van der Waals surface area contributed by atoms with E-state index >= 15 is 0 Å². The summed E-state index contributed by atoms with van der Waals surface area (Å²) in [6, 6.07) is 0. The Labute approximate surface area is 442 Å². The van der Waals surface area contributed by atoms with E-state index in [1.807, 2.05) is 6.92 Å². The summed E-state index contributed by atoms with van der Waals surface area (Å²) >= 11 is 0. The Hall–Kier alpha value is -3.20. The fourth-order valence-corrected chi connectivity index (χ4v) is 9.05. The number of rotatable bonds is 49. The van der Waals surface area contributed by atoms with Crippen LogP contribution in [0.5, 0.6) is 0 Å². The first-order valence-corrected chi connectivity index (χ1v) is 30.1. The van der Waals surface area contributed by atoms with Crippen molar-refractivity contribution in [3.05, 3.63) is 48.6 Å². The molecule has 0 saturated carbocycles. The molecule has 1 heterocycles. The van der Waals surface area contributed by atoms with Gasteiger partial charge in [0.2, 0.25) is 0 Å².